The molecule has 1 amide bonds. The van der Waals surface area contributed by atoms with Gasteiger partial charge in [-0.15, -0.1) is 0 Å². The number of carbonyl (C=O) groups is 1. The molecule has 4 rings (SSSR count). The summed E-state index contributed by atoms with van der Waals surface area (Å²) in [5.41, 5.74) is 7.31. The van der Waals surface area contributed by atoms with Crippen molar-refractivity contribution < 1.29 is 9.53 Å². The van der Waals surface area contributed by atoms with Crippen LogP contribution in [-0.2, 0) is 17.8 Å². The Morgan fingerprint density at radius 3 is 2.32 bits per heavy atom. The second-order valence-corrected chi connectivity index (χ2v) is 8.64. The number of aryl methyl sites for hydroxylation is 3. The first-order chi connectivity index (χ1) is 16.5. The summed E-state index contributed by atoms with van der Waals surface area (Å²) in [6.07, 6.45) is 2.09. The van der Waals surface area contributed by atoms with E-state index in [1.807, 2.05) is 74.5 Å². The molecule has 0 saturated heterocycles. The van der Waals surface area contributed by atoms with Gasteiger partial charge in [-0.1, -0.05) is 78.4 Å². The number of nitrogens with zero attached hydrogens (tertiary/aromatic N) is 1. The van der Waals surface area contributed by atoms with Crippen molar-refractivity contribution in [2.45, 2.75) is 39.8 Å². The van der Waals surface area contributed by atoms with E-state index in [0.29, 0.717) is 13.0 Å². The van der Waals surface area contributed by atoms with Crippen molar-refractivity contribution in [2.24, 2.45) is 0 Å². The maximum atomic E-state index is 13.0. The van der Waals surface area contributed by atoms with Crippen molar-refractivity contribution in [3.05, 3.63) is 130 Å². The van der Waals surface area contributed by atoms with Crippen LogP contribution < -0.4 is 10.1 Å². The van der Waals surface area contributed by atoms with Crippen LogP contribution in [-0.4, -0.2) is 10.9 Å². The van der Waals surface area contributed by atoms with Gasteiger partial charge in [0.2, 0.25) is 5.91 Å². The van der Waals surface area contributed by atoms with E-state index in [4.69, 9.17) is 4.74 Å². The summed E-state index contributed by atoms with van der Waals surface area (Å²) in [7, 11) is 0. The number of nitrogens with one attached hydrogen (secondary N) is 1. The van der Waals surface area contributed by atoms with Crippen LogP contribution in [0.25, 0.3) is 0 Å². The van der Waals surface area contributed by atoms with E-state index in [-0.39, 0.29) is 11.9 Å². The highest BCUT2D eigenvalue weighted by molar-refractivity contribution is 5.79. The van der Waals surface area contributed by atoms with E-state index in [1.54, 1.807) is 6.20 Å². The van der Waals surface area contributed by atoms with Gasteiger partial charge in [-0.3, -0.25) is 9.78 Å². The number of amides is 1. The van der Waals surface area contributed by atoms with E-state index >= 15 is 0 Å². The lowest BCUT2D eigenvalue weighted by Gasteiger charge is -2.20. The minimum Gasteiger partial charge on any atom is -0.489 e. The molecule has 0 saturated carbocycles. The normalized spacial score (nSPS) is 11.6. The zero-order chi connectivity index (χ0) is 23.9. The Hall–Kier alpha value is -3.92. The van der Waals surface area contributed by atoms with Crippen LogP contribution >= 0.6 is 0 Å². The summed E-state index contributed by atoms with van der Waals surface area (Å²) in [4.78, 5) is 17.3. The number of benzene rings is 3. The van der Waals surface area contributed by atoms with Crippen molar-refractivity contribution in [1.29, 1.82) is 0 Å². The highest BCUT2D eigenvalue weighted by Gasteiger charge is 2.17. The lowest BCUT2D eigenvalue weighted by Crippen LogP contribution is -2.30. The molecule has 0 fully saturated rings. The fourth-order valence-corrected chi connectivity index (χ4v) is 3.97. The molecule has 34 heavy (non-hydrogen) atoms. The average Bonchev–Trinajstić information content (AvgIpc) is 2.84. The summed E-state index contributed by atoms with van der Waals surface area (Å²) in [5.74, 6) is 0.794. The Labute approximate surface area is 201 Å². The third-order valence-electron chi connectivity index (χ3n) is 5.95. The molecule has 4 nitrogen and oxygen atoms in total. The number of hydrogen-bond acceptors (Lipinski definition) is 3. The number of carbonyl (C=O) groups excluding carboxylic acids is 1. The van der Waals surface area contributed by atoms with Gasteiger partial charge in [0.05, 0.1) is 12.5 Å². The Balaban J connectivity index is 1.44. The highest BCUT2D eigenvalue weighted by Crippen LogP contribution is 2.24. The first-order valence-corrected chi connectivity index (χ1v) is 11.5. The van der Waals surface area contributed by atoms with E-state index in [1.165, 1.54) is 5.56 Å². The summed E-state index contributed by atoms with van der Waals surface area (Å²) < 4.78 is 6.01. The van der Waals surface area contributed by atoms with Crippen LogP contribution in [0.3, 0.4) is 0 Å². The summed E-state index contributed by atoms with van der Waals surface area (Å²) in [6, 6.07) is 28.0. The Kier molecular flexibility index (Phi) is 7.38. The largest absolute Gasteiger partial charge is 0.489 e. The first kappa shape index (κ1) is 23.2. The molecular weight excluding hydrogens is 420 g/mol. The molecule has 0 bridgehead atoms. The van der Waals surface area contributed by atoms with Gasteiger partial charge < -0.3 is 10.1 Å². The quantitative estimate of drug-likeness (QED) is 0.356. The molecule has 1 heterocycles. The van der Waals surface area contributed by atoms with Crippen molar-refractivity contribution in [3.63, 3.8) is 0 Å². The Morgan fingerprint density at radius 1 is 0.882 bits per heavy atom. The van der Waals surface area contributed by atoms with Crippen molar-refractivity contribution >= 4 is 5.91 Å². The summed E-state index contributed by atoms with van der Waals surface area (Å²) >= 11 is 0. The minimum atomic E-state index is -0.194. The topological polar surface area (TPSA) is 51.2 Å². The van der Waals surface area contributed by atoms with Crippen LogP contribution in [0.1, 0.15) is 45.1 Å². The number of hydrogen-bond donors (Lipinski definition) is 1. The van der Waals surface area contributed by atoms with Gasteiger partial charge >= 0.3 is 0 Å². The second kappa shape index (κ2) is 10.8. The molecule has 0 aliphatic heterocycles. The van der Waals surface area contributed by atoms with Gasteiger partial charge in [0.25, 0.3) is 0 Å². The molecule has 1 unspecified atom stereocenters. The maximum absolute atomic E-state index is 13.0. The molecule has 172 valence electrons. The third-order valence-corrected chi connectivity index (χ3v) is 5.95. The van der Waals surface area contributed by atoms with Gasteiger partial charge in [-0.2, -0.15) is 0 Å². The first-order valence-electron chi connectivity index (χ1n) is 11.5. The zero-order valence-electron chi connectivity index (χ0n) is 19.9. The van der Waals surface area contributed by atoms with Gasteiger partial charge in [-0.25, -0.2) is 0 Å². The second-order valence-electron chi connectivity index (χ2n) is 8.64. The summed E-state index contributed by atoms with van der Waals surface area (Å²) in [5, 5.41) is 3.23. The highest BCUT2D eigenvalue weighted by atomic mass is 16.5. The lowest BCUT2D eigenvalue weighted by atomic mass is 9.97. The van der Waals surface area contributed by atoms with Crippen molar-refractivity contribution in [3.8, 4) is 5.75 Å². The van der Waals surface area contributed by atoms with E-state index < -0.39 is 0 Å². The average molecular weight is 451 g/mol. The molecule has 0 radical (unpaired) electrons. The van der Waals surface area contributed by atoms with Crippen LogP contribution in [0, 0.1) is 20.8 Å². The van der Waals surface area contributed by atoms with Gasteiger partial charge in [0.15, 0.2) is 0 Å². The molecule has 0 aliphatic carbocycles. The molecule has 4 heteroatoms. The minimum absolute atomic E-state index is 0.0199. The van der Waals surface area contributed by atoms with E-state index in [2.05, 4.69) is 41.5 Å². The van der Waals surface area contributed by atoms with Gasteiger partial charge in [-0.05, 0) is 55.2 Å². The predicted octanol–water partition coefficient (Wildman–Crippen LogP) is 6.03. The van der Waals surface area contributed by atoms with Crippen LogP contribution in [0.2, 0.25) is 0 Å². The third kappa shape index (κ3) is 5.90. The Morgan fingerprint density at radius 2 is 1.62 bits per heavy atom. The monoisotopic (exact) mass is 450 g/mol. The van der Waals surface area contributed by atoms with E-state index in [9.17, 15) is 4.79 Å². The van der Waals surface area contributed by atoms with Crippen molar-refractivity contribution in [1.82, 2.24) is 10.3 Å². The predicted molar refractivity (Wildman–Crippen MR) is 136 cm³/mol. The van der Waals surface area contributed by atoms with Crippen LogP contribution in [0.5, 0.6) is 5.75 Å². The SMILES string of the molecule is Cc1ccc(C(NC(=O)Cc2ccc(OCc3cccnc3C)c(C)c2)c2ccccc2)cc1. The maximum Gasteiger partial charge on any atom is 0.225 e. The zero-order valence-corrected chi connectivity index (χ0v) is 19.9. The summed E-state index contributed by atoms with van der Waals surface area (Å²) in [6.45, 7) is 6.52. The number of rotatable bonds is 8. The molecule has 0 aliphatic rings. The smallest absolute Gasteiger partial charge is 0.225 e. The number of ether oxygens (including phenoxy) is 1. The van der Waals surface area contributed by atoms with Crippen LogP contribution in [0.4, 0.5) is 0 Å². The molecule has 3 aromatic carbocycles. The lowest BCUT2D eigenvalue weighted by molar-refractivity contribution is -0.120. The molecule has 1 N–H and O–H groups in total. The van der Waals surface area contributed by atoms with E-state index in [0.717, 1.165) is 39.3 Å². The number of aromatic nitrogens is 1. The molecular formula is C30H30N2O2. The molecule has 1 atom stereocenters. The van der Waals surface area contributed by atoms with Gasteiger partial charge in [0, 0.05) is 17.5 Å². The number of pyridine rings is 1. The fourth-order valence-electron chi connectivity index (χ4n) is 3.97. The molecule has 4 aromatic rings. The standard InChI is InChI=1S/C30H30N2O2/c1-21-11-14-26(15-12-21)30(25-8-5-4-6-9-25)32-29(33)19-24-13-16-28(22(2)18-24)34-20-27-10-7-17-31-23(27)3/h4-18,30H,19-20H2,1-3H3,(H,32,33). The Bertz CT molecular complexity index is 1250. The van der Waals surface area contributed by atoms with Gasteiger partial charge in [0.1, 0.15) is 12.4 Å². The molecule has 0 spiro atoms. The van der Waals surface area contributed by atoms with Crippen molar-refractivity contribution in [2.75, 3.05) is 0 Å². The van der Waals surface area contributed by atoms with Crippen LogP contribution in [0.15, 0.2) is 91.1 Å². The molecule has 1 aromatic heterocycles. The fraction of sp³-hybridized carbons (Fsp3) is 0.200.